The standard InChI is InChI=1S/C18H18N2O4/c1-24-18(21)16-14(12-8-4-2-5-9-12)17(20(22)23)15(19-16)13-10-6-3-7-11-13/h2-11,14-17,19H,1H3/t14-,15+,16+,17+/m1/s1. The van der Waals surface area contributed by atoms with Crippen LogP contribution in [0.15, 0.2) is 60.7 Å². The Bertz CT molecular complexity index is 720. The van der Waals surface area contributed by atoms with E-state index < -0.39 is 30.0 Å². The molecule has 0 bridgehead atoms. The molecule has 24 heavy (non-hydrogen) atoms. The summed E-state index contributed by atoms with van der Waals surface area (Å²) in [5.41, 5.74) is 1.53. The van der Waals surface area contributed by atoms with Gasteiger partial charge in [-0.25, -0.2) is 0 Å². The molecule has 2 aromatic carbocycles. The average molecular weight is 326 g/mol. The normalized spacial score (nSPS) is 26.0. The number of nitrogens with one attached hydrogen (secondary N) is 1. The molecule has 1 aliphatic rings. The third kappa shape index (κ3) is 2.88. The van der Waals surface area contributed by atoms with Gasteiger partial charge in [0.1, 0.15) is 12.1 Å². The van der Waals surface area contributed by atoms with Crippen LogP contribution in [0.2, 0.25) is 0 Å². The number of nitro groups is 1. The van der Waals surface area contributed by atoms with Gasteiger partial charge in [0.15, 0.2) is 0 Å². The lowest BCUT2D eigenvalue weighted by Crippen LogP contribution is -2.37. The van der Waals surface area contributed by atoms with Crippen molar-refractivity contribution in [3.8, 4) is 0 Å². The van der Waals surface area contributed by atoms with Crippen LogP contribution in [-0.2, 0) is 9.53 Å². The maximum Gasteiger partial charge on any atom is 0.323 e. The zero-order valence-corrected chi connectivity index (χ0v) is 13.2. The Morgan fingerprint density at radius 1 is 1.04 bits per heavy atom. The van der Waals surface area contributed by atoms with Crippen LogP contribution in [0.25, 0.3) is 0 Å². The molecule has 0 spiro atoms. The number of carbonyl (C=O) groups is 1. The van der Waals surface area contributed by atoms with Crippen molar-refractivity contribution in [1.29, 1.82) is 0 Å². The van der Waals surface area contributed by atoms with Crippen molar-refractivity contribution in [2.45, 2.75) is 24.0 Å². The smallest absolute Gasteiger partial charge is 0.323 e. The minimum atomic E-state index is -0.959. The van der Waals surface area contributed by atoms with Crippen LogP contribution in [0.1, 0.15) is 23.1 Å². The van der Waals surface area contributed by atoms with E-state index in [0.717, 1.165) is 11.1 Å². The van der Waals surface area contributed by atoms with Crippen molar-refractivity contribution < 1.29 is 14.5 Å². The molecule has 0 unspecified atom stereocenters. The van der Waals surface area contributed by atoms with E-state index >= 15 is 0 Å². The Hall–Kier alpha value is -2.73. The van der Waals surface area contributed by atoms with Gasteiger partial charge in [-0.3, -0.25) is 20.2 Å². The molecule has 3 rings (SSSR count). The molecule has 0 radical (unpaired) electrons. The predicted molar refractivity (Wildman–Crippen MR) is 88.1 cm³/mol. The first-order valence-electron chi connectivity index (χ1n) is 7.70. The minimum Gasteiger partial charge on any atom is -0.468 e. The second-order valence-corrected chi connectivity index (χ2v) is 5.77. The zero-order valence-electron chi connectivity index (χ0n) is 13.2. The van der Waals surface area contributed by atoms with Gasteiger partial charge in [-0.05, 0) is 11.1 Å². The van der Waals surface area contributed by atoms with Crippen LogP contribution >= 0.6 is 0 Å². The van der Waals surface area contributed by atoms with E-state index in [2.05, 4.69) is 5.32 Å². The molecule has 1 heterocycles. The molecule has 1 N–H and O–H groups in total. The fourth-order valence-corrected chi connectivity index (χ4v) is 3.41. The molecular formula is C18H18N2O4. The molecule has 4 atom stereocenters. The van der Waals surface area contributed by atoms with E-state index in [4.69, 9.17) is 4.74 Å². The Kier molecular flexibility index (Phi) is 4.57. The number of hydrogen-bond acceptors (Lipinski definition) is 5. The van der Waals surface area contributed by atoms with Crippen LogP contribution in [0.5, 0.6) is 0 Å². The summed E-state index contributed by atoms with van der Waals surface area (Å²) in [5, 5.41) is 15.0. The maximum absolute atomic E-state index is 12.2. The summed E-state index contributed by atoms with van der Waals surface area (Å²) in [6, 6.07) is 16.0. The molecule has 6 nitrogen and oxygen atoms in total. The summed E-state index contributed by atoms with van der Waals surface area (Å²) in [6.07, 6.45) is 0. The van der Waals surface area contributed by atoms with Gasteiger partial charge < -0.3 is 4.74 Å². The van der Waals surface area contributed by atoms with Crippen LogP contribution < -0.4 is 5.32 Å². The number of nitrogens with zero attached hydrogens (tertiary/aromatic N) is 1. The number of hydrogen-bond donors (Lipinski definition) is 1. The van der Waals surface area contributed by atoms with Gasteiger partial charge in [0.2, 0.25) is 6.04 Å². The summed E-state index contributed by atoms with van der Waals surface area (Å²) in [4.78, 5) is 23.8. The molecule has 124 valence electrons. The Labute approximate surface area is 139 Å². The quantitative estimate of drug-likeness (QED) is 0.530. The fourth-order valence-electron chi connectivity index (χ4n) is 3.41. The number of carbonyl (C=O) groups excluding carboxylic acids is 1. The lowest BCUT2D eigenvalue weighted by molar-refractivity contribution is -0.527. The molecule has 0 saturated carbocycles. The van der Waals surface area contributed by atoms with Gasteiger partial charge in [0, 0.05) is 4.92 Å². The lowest BCUT2D eigenvalue weighted by atomic mass is 9.85. The highest BCUT2D eigenvalue weighted by Crippen LogP contribution is 2.40. The van der Waals surface area contributed by atoms with Gasteiger partial charge in [-0.15, -0.1) is 0 Å². The van der Waals surface area contributed by atoms with E-state index in [1.807, 2.05) is 60.7 Å². The highest BCUT2D eigenvalue weighted by atomic mass is 16.6. The SMILES string of the molecule is COC(=O)[C@H]1N[C@@H](c2ccccc2)[C@@H]([N+](=O)[O-])[C@@H]1c1ccccc1. The van der Waals surface area contributed by atoms with E-state index in [-0.39, 0.29) is 4.92 Å². The van der Waals surface area contributed by atoms with Crippen molar-refractivity contribution in [3.05, 3.63) is 81.9 Å². The van der Waals surface area contributed by atoms with Crippen LogP contribution in [0.4, 0.5) is 0 Å². The van der Waals surface area contributed by atoms with E-state index in [0.29, 0.717) is 0 Å². The number of rotatable bonds is 4. The first-order valence-corrected chi connectivity index (χ1v) is 7.70. The average Bonchev–Trinajstić information content (AvgIpc) is 3.03. The van der Waals surface area contributed by atoms with Gasteiger partial charge in [-0.1, -0.05) is 60.7 Å². The number of ether oxygens (including phenoxy) is 1. The van der Waals surface area contributed by atoms with E-state index in [1.165, 1.54) is 7.11 Å². The Balaban J connectivity index is 2.07. The van der Waals surface area contributed by atoms with Crippen molar-refractivity contribution in [1.82, 2.24) is 5.32 Å². The molecule has 0 aliphatic carbocycles. The maximum atomic E-state index is 12.2. The fraction of sp³-hybridized carbons (Fsp3) is 0.278. The van der Waals surface area contributed by atoms with Crippen LogP contribution in [0.3, 0.4) is 0 Å². The molecule has 1 fully saturated rings. The molecule has 1 aliphatic heterocycles. The van der Waals surface area contributed by atoms with Crippen molar-refractivity contribution in [3.63, 3.8) is 0 Å². The highest BCUT2D eigenvalue weighted by molar-refractivity contribution is 5.78. The first-order chi connectivity index (χ1) is 11.6. The highest BCUT2D eigenvalue weighted by Gasteiger charge is 2.54. The summed E-state index contributed by atoms with van der Waals surface area (Å²) in [6.45, 7) is 0. The summed E-state index contributed by atoms with van der Waals surface area (Å²) in [5.74, 6) is -1.09. The molecule has 6 heteroatoms. The van der Waals surface area contributed by atoms with Crippen molar-refractivity contribution in [2.75, 3.05) is 7.11 Å². The van der Waals surface area contributed by atoms with E-state index in [9.17, 15) is 14.9 Å². The summed E-state index contributed by atoms with van der Waals surface area (Å²) in [7, 11) is 1.29. The van der Waals surface area contributed by atoms with E-state index in [1.54, 1.807) is 0 Å². The van der Waals surface area contributed by atoms with Gasteiger partial charge >= 0.3 is 5.97 Å². The number of benzene rings is 2. The Morgan fingerprint density at radius 2 is 1.58 bits per heavy atom. The summed E-state index contributed by atoms with van der Waals surface area (Å²) >= 11 is 0. The van der Waals surface area contributed by atoms with Gasteiger partial charge in [0.05, 0.1) is 13.0 Å². The minimum absolute atomic E-state index is 0.300. The molecule has 0 aromatic heterocycles. The molecule has 2 aromatic rings. The topological polar surface area (TPSA) is 81.5 Å². The predicted octanol–water partition coefficient (Wildman–Crippen LogP) is 2.30. The van der Waals surface area contributed by atoms with Gasteiger partial charge in [0.25, 0.3) is 0 Å². The number of methoxy groups -OCH3 is 1. The molecule has 0 amide bonds. The molecular weight excluding hydrogens is 308 g/mol. The van der Waals surface area contributed by atoms with Gasteiger partial charge in [-0.2, -0.15) is 0 Å². The lowest BCUT2D eigenvalue weighted by Gasteiger charge is -2.19. The third-order valence-electron chi connectivity index (χ3n) is 4.47. The zero-order chi connectivity index (χ0) is 17.1. The molecule has 1 saturated heterocycles. The second kappa shape index (κ2) is 6.80. The van der Waals surface area contributed by atoms with Crippen LogP contribution in [0, 0.1) is 10.1 Å². The van der Waals surface area contributed by atoms with Crippen molar-refractivity contribution in [2.24, 2.45) is 0 Å². The monoisotopic (exact) mass is 326 g/mol. The number of esters is 1. The van der Waals surface area contributed by atoms with Crippen LogP contribution in [-0.4, -0.2) is 30.1 Å². The summed E-state index contributed by atoms with van der Waals surface area (Å²) < 4.78 is 4.87. The second-order valence-electron chi connectivity index (χ2n) is 5.77. The first kappa shape index (κ1) is 16.1. The largest absolute Gasteiger partial charge is 0.468 e. The van der Waals surface area contributed by atoms with Crippen molar-refractivity contribution >= 4 is 5.97 Å². The third-order valence-corrected chi connectivity index (χ3v) is 4.47. The Morgan fingerprint density at radius 3 is 2.08 bits per heavy atom.